The Morgan fingerprint density at radius 2 is 1.68 bits per heavy atom. The predicted octanol–water partition coefficient (Wildman–Crippen LogP) is 3.00. The molecule has 1 heterocycles. The van der Waals surface area contributed by atoms with E-state index in [1.807, 2.05) is 30.3 Å². The molecular formula is C18H22N4O3. The third kappa shape index (κ3) is 5.87. The van der Waals surface area contributed by atoms with E-state index < -0.39 is 17.7 Å². The summed E-state index contributed by atoms with van der Waals surface area (Å²) in [6, 6.07) is 8.76. The van der Waals surface area contributed by atoms with E-state index in [1.165, 1.54) is 12.4 Å². The van der Waals surface area contributed by atoms with Crippen molar-refractivity contribution in [2.75, 3.05) is 5.32 Å². The molecule has 7 nitrogen and oxygen atoms in total. The number of carbonyl (C=O) groups is 2. The van der Waals surface area contributed by atoms with Gasteiger partial charge in [0, 0.05) is 5.56 Å². The largest absolute Gasteiger partial charge is 0.444 e. The van der Waals surface area contributed by atoms with Gasteiger partial charge in [-0.05, 0) is 27.7 Å². The van der Waals surface area contributed by atoms with Gasteiger partial charge in [0.25, 0.3) is 0 Å². The first kappa shape index (κ1) is 18.4. The van der Waals surface area contributed by atoms with Crippen molar-refractivity contribution in [1.82, 2.24) is 15.3 Å². The normalized spacial score (nSPS) is 12.2. The van der Waals surface area contributed by atoms with Gasteiger partial charge in [-0.1, -0.05) is 30.3 Å². The summed E-state index contributed by atoms with van der Waals surface area (Å²) >= 11 is 0. The SMILES string of the molecule is CC(NC(=O)OC(C)(C)C)C(=O)Nc1cnc(-c2ccccc2)nc1. The summed E-state index contributed by atoms with van der Waals surface area (Å²) in [5, 5.41) is 5.13. The number of amides is 2. The maximum absolute atomic E-state index is 12.1. The molecule has 0 radical (unpaired) electrons. The van der Waals surface area contributed by atoms with Crippen molar-refractivity contribution < 1.29 is 14.3 Å². The molecule has 2 amide bonds. The van der Waals surface area contributed by atoms with Gasteiger partial charge in [-0.25, -0.2) is 14.8 Å². The molecule has 0 bridgehead atoms. The van der Waals surface area contributed by atoms with Crippen LogP contribution in [-0.4, -0.2) is 33.6 Å². The Bertz CT molecular complexity index is 724. The van der Waals surface area contributed by atoms with Crippen LogP contribution in [0.25, 0.3) is 11.4 Å². The van der Waals surface area contributed by atoms with E-state index in [1.54, 1.807) is 27.7 Å². The molecule has 2 aromatic rings. The number of anilines is 1. The van der Waals surface area contributed by atoms with Gasteiger partial charge in [0.1, 0.15) is 11.6 Å². The van der Waals surface area contributed by atoms with Crippen LogP contribution in [0.4, 0.5) is 10.5 Å². The van der Waals surface area contributed by atoms with Gasteiger partial charge in [0.15, 0.2) is 5.82 Å². The summed E-state index contributed by atoms with van der Waals surface area (Å²) in [5.41, 5.74) is 0.712. The Kier molecular flexibility index (Phi) is 5.69. The van der Waals surface area contributed by atoms with Crippen molar-refractivity contribution in [1.29, 1.82) is 0 Å². The van der Waals surface area contributed by atoms with E-state index in [4.69, 9.17) is 4.74 Å². The number of carbonyl (C=O) groups excluding carboxylic acids is 2. The number of rotatable bonds is 4. The van der Waals surface area contributed by atoms with E-state index in [0.29, 0.717) is 11.5 Å². The Morgan fingerprint density at radius 3 is 2.24 bits per heavy atom. The fraction of sp³-hybridized carbons (Fsp3) is 0.333. The molecule has 0 saturated heterocycles. The first-order valence-corrected chi connectivity index (χ1v) is 7.92. The van der Waals surface area contributed by atoms with Crippen LogP contribution in [0.15, 0.2) is 42.7 Å². The average Bonchev–Trinajstić information content (AvgIpc) is 2.54. The maximum atomic E-state index is 12.1. The molecule has 1 aromatic heterocycles. The number of nitrogens with one attached hydrogen (secondary N) is 2. The Hall–Kier alpha value is -2.96. The molecule has 25 heavy (non-hydrogen) atoms. The molecule has 0 spiro atoms. The first-order chi connectivity index (χ1) is 11.7. The van der Waals surface area contributed by atoms with Gasteiger partial charge in [-0.2, -0.15) is 0 Å². The molecule has 7 heteroatoms. The van der Waals surface area contributed by atoms with Gasteiger partial charge in [-0.3, -0.25) is 4.79 Å². The molecule has 2 rings (SSSR count). The second-order valence-electron chi connectivity index (χ2n) is 6.52. The molecule has 0 aliphatic carbocycles. The van der Waals surface area contributed by atoms with Crippen LogP contribution in [0.5, 0.6) is 0 Å². The number of benzene rings is 1. The number of alkyl carbamates (subject to hydrolysis) is 1. The Morgan fingerprint density at radius 1 is 1.08 bits per heavy atom. The van der Waals surface area contributed by atoms with Gasteiger partial charge < -0.3 is 15.4 Å². The maximum Gasteiger partial charge on any atom is 0.408 e. The smallest absolute Gasteiger partial charge is 0.408 e. The monoisotopic (exact) mass is 342 g/mol. The van der Waals surface area contributed by atoms with Crippen molar-refractivity contribution >= 4 is 17.7 Å². The van der Waals surface area contributed by atoms with Gasteiger partial charge >= 0.3 is 6.09 Å². The number of hydrogen-bond acceptors (Lipinski definition) is 5. The molecule has 1 unspecified atom stereocenters. The Balaban J connectivity index is 1.93. The molecule has 0 aliphatic rings. The quantitative estimate of drug-likeness (QED) is 0.891. The molecule has 0 fully saturated rings. The van der Waals surface area contributed by atoms with Gasteiger partial charge in [0.05, 0.1) is 18.1 Å². The molecule has 0 saturated carbocycles. The van der Waals surface area contributed by atoms with E-state index in [9.17, 15) is 9.59 Å². The molecular weight excluding hydrogens is 320 g/mol. The van der Waals surface area contributed by atoms with E-state index in [-0.39, 0.29) is 5.91 Å². The topological polar surface area (TPSA) is 93.2 Å². The van der Waals surface area contributed by atoms with Gasteiger partial charge in [-0.15, -0.1) is 0 Å². The summed E-state index contributed by atoms with van der Waals surface area (Å²) in [6.45, 7) is 6.83. The highest BCUT2D eigenvalue weighted by Crippen LogP contribution is 2.15. The lowest BCUT2D eigenvalue weighted by Crippen LogP contribution is -2.44. The third-order valence-corrected chi connectivity index (χ3v) is 3.08. The fourth-order valence-electron chi connectivity index (χ4n) is 1.93. The lowest BCUT2D eigenvalue weighted by atomic mass is 10.2. The lowest BCUT2D eigenvalue weighted by molar-refractivity contribution is -0.117. The first-order valence-electron chi connectivity index (χ1n) is 7.92. The molecule has 2 N–H and O–H groups in total. The van der Waals surface area contributed by atoms with Crippen molar-refractivity contribution in [2.45, 2.75) is 39.3 Å². The zero-order chi connectivity index (χ0) is 18.4. The Labute approximate surface area is 146 Å². The van der Waals surface area contributed by atoms with Crippen molar-refractivity contribution in [3.05, 3.63) is 42.7 Å². The molecule has 132 valence electrons. The zero-order valence-corrected chi connectivity index (χ0v) is 14.7. The number of nitrogens with zero attached hydrogens (tertiary/aromatic N) is 2. The summed E-state index contributed by atoms with van der Waals surface area (Å²) < 4.78 is 5.12. The highest BCUT2D eigenvalue weighted by atomic mass is 16.6. The minimum absolute atomic E-state index is 0.387. The summed E-state index contributed by atoms with van der Waals surface area (Å²) in [6.07, 6.45) is 2.40. The third-order valence-electron chi connectivity index (χ3n) is 3.08. The van der Waals surface area contributed by atoms with Gasteiger partial charge in [0.2, 0.25) is 5.91 Å². The zero-order valence-electron chi connectivity index (χ0n) is 14.7. The summed E-state index contributed by atoms with van der Waals surface area (Å²) in [7, 11) is 0. The number of hydrogen-bond donors (Lipinski definition) is 2. The average molecular weight is 342 g/mol. The molecule has 1 aromatic carbocycles. The summed E-state index contributed by atoms with van der Waals surface area (Å²) in [5.74, 6) is 0.181. The van der Waals surface area contributed by atoms with Crippen LogP contribution in [0.3, 0.4) is 0 Å². The van der Waals surface area contributed by atoms with Crippen molar-refractivity contribution in [3.8, 4) is 11.4 Å². The lowest BCUT2D eigenvalue weighted by Gasteiger charge is -2.21. The van der Waals surface area contributed by atoms with Crippen molar-refractivity contribution in [2.24, 2.45) is 0 Å². The van der Waals surface area contributed by atoms with Crippen LogP contribution in [0.1, 0.15) is 27.7 Å². The van der Waals surface area contributed by atoms with Crippen LogP contribution in [0.2, 0.25) is 0 Å². The highest BCUT2D eigenvalue weighted by Gasteiger charge is 2.21. The van der Waals surface area contributed by atoms with Crippen LogP contribution < -0.4 is 10.6 Å². The summed E-state index contributed by atoms with van der Waals surface area (Å²) in [4.78, 5) is 32.3. The highest BCUT2D eigenvalue weighted by molar-refractivity contribution is 5.96. The van der Waals surface area contributed by atoms with E-state index in [0.717, 1.165) is 5.56 Å². The molecule has 0 aliphatic heterocycles. The van der Waals surface area contributed by atoms with Crippen LogP contribution in [-0.2, 0) is 9.53 Å². The minimum atomic E-state index is -0.761. The second kappa shape index (κ2) is 7.74. The van der Waals surface area contributed by atoms with E-state index >= 15 is 0 Å². The standard InChI is InChI=1S/C18H22N4O3/c1-12(21-17(24)25-18(2,3)4)16(23)22-14-10-19-15(20-11-14)13-8-6-5-7-9-13/h5-12H,1-4H3,(H,21,24)(H,22,23). The second-order valence-corrected chi connectivity index (χ2v) is 6.52. The molecule has 1 atom stereocenters. The van der Waals surface area contributed by atoms with Crippen molar-refractivity contribution in [3.63, 3.8) is 0 Å². The van der Waals surface area contributed by atoms with Crippen LogP contribution in [0, 0.1) is 0 Å². The minimum Gasteiger partial charge on any atom is -0.444 e. The predicted molar refractivity (Wildman–Crippen MR) is 94.9 cm³/mol. The fourth-order valence-corrected chi connectivity index (χ4v) is 1.93. The number of aromatic nitrogens is 2. The van der Waals surface area contributed by atoms with E-state index in [2.05, 4.69) is 20.6 Å². The number of ether oxygens (including phenoxy) is 1. The van der Waals surface area contributed by atoms with Crippen LogP contribution >= 0.6 is 0 Å².